The molecule has 4 nitrogen and oxygen atoms in total. The van der Waals surface area contributed by atoms with Crippen molar-refractivity contribution >= 4 is 10.1 Å². The van der Waals surface area contributed by atoms with Gasteiger partial charge in [-0.1, -0.05) is 19.1 Å². The van der Waals surface area contributed by atoms with Crippen LogP contribution in [-0.2, 0) is 20.7 Å². The molecule has 0 radical (unpaired) electrons. The van der Waals surface area contributed by atoms with Crippen molar-refractivity contribution in [3.63, 3.8) is 0 Å². The molecule has 1 aromatic carbocycles. The smallest absolute Gasteiger partial charge is 0.299 e. The molecule has 2 atom stereocenters. The summed E-state index contributed by atoms with van der Waals surface area (Å²) in [5.74, 6) is -0.240. The number of hydrogen-bond acceptors (Lipinski definition) is 4. The highest BCUT2D eigenvalue weighted by Gasteiger charge is 2.27. The van der Waals surface area contributed by atoms with Crippen LogP contribution in [0, 0.1) is 5.92 Å². The van der Waals surface area contributed by atoms with Gasteiger partial charge in [0.15, 0.2) is 6.29 Å². The van der Waals surface area contributed by atoms with Gasteiger partial charge in [0.25, 0.3) is 10.1 Å². The summed E-state index contributed by atoms with van der Waals surface area (Å²) in [7, 11) is -3.81. The van der Waals surface area contributed by atoms with Crippen molar-refractivity contribution in [2.45, 2.75) is 24.5 Å². The summed E-state index contributed by atoms with van der Waals surface area (Å²) in [6.07, 6.45) is -0.668. The fourth-order valence-electron chi connectivity index (χ4n) is 1.58. The van der Waals surface area contributed by atoms with Crippen molar-refractivity contribution in [1.29, 1.82) is 0 Å². The third-order valence-electron chi connectivity index (χ3n) is 2.46. The molecule has 1 heterocycles. The van der Waals surface area contributed by atoms with E-state index in [-0.39, 0.29) is 10.8 Å². The lowest BCUT2D eigenvalue weighted by Crippen LogP contribution is -2.28. The molecule has 0 fully saturated rings. The van der Waals surface area contributed by atoms with E-state index in [1.54, 1.807) is 19.1 Å². The quantitative estimate of drug-likeness (QED) is 0.670. The van der Waals surface area contributed by atoms with E-state index in [0.29, 0.717) is 6.42 Å². The number of benzene rings is 1. The Bertz CT molecular complexity index is 466. The van der Waals surface area contributed by atoms with Crippen LogP contribution in [0.5, 0.6) is 0 Å². The number of hydrogen-bond donors (Lipinski definition) is 1. The zero-order valence-electron chi connectivity index (χ0n) is 8.25. The Morgan fingerprint density at radius 2 is 2.20 bits per heavy atom. The molecule has 1 unspecified atom stereocenters. The van der Waals surface area contributed by atoms with Gasteiger partial charge in [-0.3, -0.25) is 0 Å². The normalized spacial score (nSPS) is 29.2. The molecule has 0 aliphatic carbocycles. The Balaban J connectivity index is 2.54. The molecule has 5 heteroatoms. The van der Waals surface area contributed by atoms with E-state index in [4.69, 9.17) is 0 Å². The Morgan fingerprint density at radius 1 is 1.47 bits per heavy atom. The fraction of sp³-hybridized carbons (Fsp3) is 0.400. The molecule has 0 saturated carbocycles. The van der Waals surface area contributed by atoms with Gasteiger partial charge in [0.05, 0.1) is 4.90 Å². The Hall–Kier alpha value is -0.910. The molecule has 0 aromatic heterocycles. The first kappa shape index (κ1) is 10.6. The lowest BCUT2D eigenvalue weighted by molar-refractivity contribution is -0.0526. The van der Waals surface area contributed by atoms with Gasteiger partial charge in [0.2, 0.25) is 0 Å². The zero-order valence-corrected chi connectivity index (χ0v) is 9.07. The van der Waals surface area contributed by atoms with E-state index >= 15 is 0 Å². The van der Waals surface area contributed by atoms with Crippen LogP contribution >= 0.6 is 0 Å². The average Bonchev–Trinajstić information content (AvgIpc) is 2.16. The van der Waals surface area contributed by atoms with Gasteiger partial charge in [0.1, 0.15) is 0 Å². The molecule has 0 spiro atoms. The van der Waals surface area contributed by atoms with Crippen molar-refractivity contribution < 1.29 is 17.7 Å². The predicted molar refractivity (Wildman–Crippen MR) is 53.6 cm³/mol. The van der Waals surface area contributed by atoms with E-state index in [2.05, 4.69) is 4.18 Å². The lowest BCUT2D eigenvalue weighted by Gasteiger charge is -2.21. The molecular formula is C10H12O4S. The van der Waals surface area contributed by atoms with Crippen LogP contribution in [0.25, 0.3) is 0 Å². The van der Waals surface area contributed by atoms with Crippen molar-refractivity contribution in [3.8, 4) is 0 Å². The summed E-state index contributed by atoms with van der Waals surface area (Å²) in [6.45, 7) is 1.75. The summed E-state index contributed by atoms with van der Waals surface area (Å²) >= 11 is 0. The minimum Gasteiger partial charge on any atom is -0.367 e. The zero-order chi connectivity index (χ0) is 11.1. The molecular weight excluding hydrogens is 216 g/mol. The van der Waals surface area contributed by atoms with Gasteiger partial charge < -0.3 is 5.11 Å². The lowest BCUT2D eigenvalue weighted by atomic mass is 10.0. The maximum Gasteiger partial charge on any atom is 0.299 e. The van der Waals surface area contributed by atoms with Crippen LogP contribution in [0.1, 0.15) is 12.5 Å². The summed E-state index contributed by atoms with van der Waals surface area (Å²) < 4.78 is 27.8. The molecule has 1 aliphatic rings. The molecule has 0 saturated heterocycles. The van der Waals surface area contributed by atoms with Crippen molar-refractivity contribution in [1.82, 2.24) is 0 Å². The van der Waals surface area contributed by atoms with E-state index in [1.807, 2.05) is 6.07 Å². The second-order valence-electron chi connectivity index (χ2n) is 3.77. The highest BCUT2D eigenvalue weighted by molar-refractivity contribution is 7.86. The SMILES string of the molecule is CC1Cc2cccc(c2)S(=O)(=O)O[C@H]1O. The van der Waals surface area contributed by atoms with Crippen LogP contribution < -0.4 is 0 Å². The van der Waals surface area contributed by atoms with Crippen LogP contribution in [-0.4, -0.2) is 19.8 Å². The number of rotatable bonds is 0. The standard InChI is InChI=1S/C10H12O4S/c1-7-5-8-3-2-4-9(6-8)15(12,13)14-10(7)11/h2-4,6-7,10-11H,5H2,1H3/t7?,10-/m1/s1. The maximum atomic E-state index is 11.6. The molecule has 2 bridgehead atoms. The van der Waals surface area contributed by atoms with E-state index in [1.165, 1.54) is 6.07 Å². The van der Waals surface area contributed by atoms with Gasteiger partial charge in [-0.25, -0.2) is 4.18 Å². The molecule has 82 valence electrons. The van der Waals surface area contributed by atoms with E-state index < -0.39 is 16.4 Å². The number of aliphatic hydroxyl groups excluding tert-OH is 1. The van der Waals surface area contributed by atoms with Crippen LogP contribution in [0.2, 0.25) is 0 Å². The first-order valence-corrected chi connectivity index (χ1v) is 6.10. The van der Waals surface area contributed by atoms with Gasteiger partial charge in [-0.15, -0.1) is 0 Å². The van der Waals surface area contributed by atoms with Gasteiger partial charge >= 0.3 is 0 Å². The van der Waals surface area contributed by atoms with Crippen LogP contribution in [0.3, 0.4) is 0 Å². The largest absolute Gasteiger partial charge is 0.367 e. The fourth-order valence-corrected chi connectivity index (χ4v) is 2.68. The van der Waals surface area contributed by atoms with Crippen molar-refractivity contribution in [2.24, 2.45) is 5.92 Å². The molecule has 1 N–H and O–H groups in total. The Kier molecular flexibility index (Phi) is 2.54. The highest BCUT2D eigenvalue weighted by Crippen LogP contribution is 2.24. The third-order valence-corrected chi connectivity index (χ3v) is 3.74. The second-order valence-corrected chi connectivity index (χ2v) is 5.34. The van der Waals surface area contributed by atoms with Crippen LogP contribution in [0.15, 0.2) is 29.2 Å². The molecule has 1 aliphatic heterocycles. The average molecular weight is 228 g/mol. The van der Waals surface area contributed by atoms with E-state index in [9.17, 15) is 13.5 Å². The topological polar surface area (TPSA) is 63.6 Å². The second kappa shape index (κ2) is 3.59. The van der Waals surface area contributed by atoms with Gasteiger partial charge in [0, 0.05) is 5.92 Å². The number of aliphatic hydroxyl groups is 1. The Labute approximate surface area is 88.6 Å². The molecule has 0 amide bonds. The first-order chi connectivity index (χ1) is 6.99. The maximum absolute atomic E-state index is 11.6. The van der Waals surface area contributed by atoms with Crippen molar-refractivity contribution in [2.75, 3.05) is 0 Å². The summed E-state index contributed by atoms with van der Waals surface area (Å²) in [4.78, 5) is 0.103. The first-order valence-electron chi connectivity index (χ1n) is 4.69. The predicted octanol–water partition coefficient (Wildman–Crippen LogP) is 0.903. The number of fused-ring (bicyclic) bond motifs is 2. The molecule has 1 aromatic rings. The van der Waals surface area contributed by atoms with E-state index in [0.717, 1.165) is 5.56 Å². The molecule has 2 rings (SSSR count). The highest BCUT2D eigenvalue weighted by atomic mass is 32.2. The van der Waals surface area contributed by atoms with Crippen molar-refractivity contribution in [3.05, 3.63) is 29.8 Å². The monoisotopic (exact) mass is 228 g/mol. The Morgan fingerprint density at radius 3 is 2.93 bits per heavy atom. The summed E-state index contributed by atoms with van der Waals surface area (Å²) in [6, 6.07) is 6.56. The minimum absolute atomic E-state index is 0.103. The minimum atomic E-state index is -3.81. The van der Waals surface area contributed by atoms with Gasteiger partial charge in [-0.05, 0) is 24.1 Å². The molecule has 15 heavy (non-hydrogen) atoms. The van der Waals surface area contributed by atoms with Crippen LogP contribution in [0.4, 0.5) is 0 Å². The summed E-state index contributed by atoms with van der Waals surface area (Å²) in [5.41, 5.74) is 0.894. The summed E-state index contributed by atoms with van der Waals surface area (Å²) in [5, 5.41) is 9.49. The van der Waals surface area contributed by atoms with Gasteiger partial charge in [-0.2, -0.15) is 8.42 Å². The third kappa shape index (κ3) is 2.04.